The molecule has 0 fully saturated rings. The molecule has 1 aromatic carbocycles. The number of phenols is 1. The molecule has 19 heavy (non-hydrogen) atoms. The summed E-state index contributed by atoms with van der Waals surface area (Å²) >= 11 is 0. The molecule has 1 N–H and O–H groups in total. The third-order valence-electron chi connectivity index (χ3n) is 2.54. The number of aromatic hydroxyl groups is 1. The van der Waals surface area contributed by atoms with Crippen molar-refractivity contribution in [1.82, 2.24) is 0 Å². The first kappa shape index (κ1) is 16.0. The van der Waals surface area contributed by atoms with Crippen molar-refractivity contribution in [1.29, 1.82) is 0 Å². The van der Waals surface area contributed by atoms with Gasteiger partial charge in [0, 0.05) is 25.0 Å². The second-order valence-corrected chi connectivity index (χ2v) is 6.30. The Labute approximate surface area is 115 Å². The summed E-state index contributed by atoms with van der Waals surface area (Å²) < 4.78 is 22.5. The van der Waals surface area contributed by atoms with E-state index >= 15 is 0 Å². The summed E-state index contributed by atoms with van der Waals surface area (Å²) in [4.78, 5) is 0. The van der Waals surface area contributed by atoms with Crippen LogP contribution in [0.5, 0.6) is 11.5 Å². The van der Waals surface area contributed by atoms with E-state index in [9.17, 15) is 5.11 Å². The molecule has 0 atom stereocenters. The molecular formula is C13H22O5Si. The van der Waals surface area contributed by atoms with Gasteiger partial charge in [0.1, 0.15) is 0 Å². The van der Waals surface area contributed by atoms with Crippen molar-refractivity contribution >= 4 is 14.0 Å². The molecule has 0 radical (unpaired) electrons. The first-order valence-corrected chi connectivity index (χ1v) is 8.15. The van der Waals surface area contributed by atoms with E-state index in [2.05, 4.69) is 0 Å². The number of hydrogen-bond donors (Lipinski definition) is 1. The van der Waals surface area contributed by atoms with Crippen molar-refractivity contribution in [3.8, 4) is 11.5 Å². The molecule has 1 aromatic rings. The van der Waals surface area contributed by atoms with Crippen LogP contribution in [0.15, 0.2) is 18.2 Å². The molecule has 0 aromatic heterocycles. The predicted molar refractivity (Wildman–Crippen MR) is 74.9 cm³/mol. The normalized spacial score (nSPS) is 11.6. The van der Waals surface area contributed by atoms with Gasteiger partial charge < -0.3 is 23.1 Å². The molecule has 6 heteroatoms. The van der Waals surface area contributed by atoms with Crippen LogP contribution in [0.2, 0.25) is 0 Å². The van der Waals surface area contributed by atoms with E-state index in [4.69, 9.17) is 18.0 Å². The maximum atomic E-state index is 9.66. The van der Waals surface area contributed by atoms with Crippen LogP contribution in [-0.4, -0.2) is 40.8 Å². The van der Waals surface area contributed by atoms with Gasteiger partial charge in [-0.05, 0) is 32.9 Å². The van der Waals surface area contributed by atoms with Gasteiger partial charge in [-0.25, -0.2) is 0 Å². The zero-order valence-electron chi connectivity index (χ0n) is 11.9. The summed E-state index contributed by atoms with van der Waals surface area (Å²) in [5.74, 6) is 0.465. The maximum Gasteiger partial charge on any atom is 0.537 e. The van der Waals surface area contributed by atoms with Gasteiger partial charge in [0.2, 0.25) is 0 Å². The van der Waals surface area contributed by atoms with Crippen molar-refractivity contribution in [3.05, 3.63) is 18.2 Å². The van der Waals surface area contributed by atoms with Crippen LogP contribution in [0.3, 0.4) is 0 Å². The van der Waals surface area contributed by atoms with E-state index in [1.807, 2.05) is 20.8 Å². The molecule has 0 aliphatic heterocycles. The Kier molecular flexibility index (Phi) is 6.30. The van der Waals surface area contributed by atoms with Gasteiger partial charge >= 0.3 is 8.80 Å². The SMILES string of the molecule is CCO[Si](OCC)(OCC)c1ccc(O)c(OC)c1. The molecule has 5 nitrogen and oxygen atoms in total. The Hall–Kier alpha value is -1.08. The minimum Gasteiger partial charge on any atom is -0.504 e. The van der Waals surface area contributed by atoms with E-state index in [1.54, 1.807) is 18.2 Å². The van der Waals surface area contributed by atoms with Crippen molar-refractivity contribution in [2.24, 2.45) is 0 Å². The molecule has 108 valence electrons. The quantitative estimate of drug-likeness (QED) is 0.737. The summed E-state index contributed by atoms with van der Waals surface area (Å²) in [7, 11) is -1.43. The van der Waals surface area contributed by atoms with Crippen molar-refractivity contribution in [3.63, 3.8) is 0 Å². The maximum absolute atomic E-state index is 9.66. The summed E-state index contributed by atoms with van der Waals surface area (Å²) in [6.07, 6.45) is 0. The standard InChI is InChI=1S/C13H22O5Si/c1-5-16-19(17-6-2,18-7-3)11-8-9-12(14)13(10-11)15-4/h8-10,14H,5-7H2,1-4H3. The topological polar surface area (TPSA) is 57.2 Å². The number of ether oxygens (including phenoxy) is 1. The third kappa shape index (κ3) is 3.70. The first-order chi connectivity index (χ1) is 9.13. The Morgan fingerprint density at radius 1 is 1.00 bits per heavy atom. The summed E-state index contributed by atoms with van der Waals surface area (Å²) in [5, 5.41) is 10.4. The highest BCUT2D eigenvalue weighted by Gasteiger charge is 2.43. The van der Waals surface area contributed by atoms with Gasteiger partial charge in [-0.1, -0.05) is 6.07 Å². The number of benzene rings is 1. The molecular weight excluding hydrogens is 264 g/mol. The molecule has 0 heterocycles. The molecule has 0 aliphatic rings. The average Bonchev–Trinajstić information content (AvgIpc) is 2.40. The van der Waals surface area contributed by atoms with Gasteiger partial charge in [0.15, 0.2) is 11.5 Å². The number of phenolic OH excluding ortho intramolecular Hbond substituents is 1. The highest BCUT2D eigenvalue weighted by Crippen LogP contribution is 2.25. The summed E-state index contributed by atoms with van der Waals surface area (Å²) in [6.45, 7) is 7.19. The van der Waals surface area contributed by atoms with E-state index in [0.29, 0.717) is 25.6 Å². The fraction of sp³-hybridized carbons (Fsp3) is 0.538. The highest BCUT2D eigenvalue weighted by molar-refractivity contribution is 6.75. The van der Waals surface area contributed by atoms with E-state index in [1.165, 1.54) is 7.11 Å². The zero-order chi connectivity index (χ0) is 14.3. The lowest BCUT2D eigenvalue weighted by Crippen LogP contribution is -2.56. The fourth-order valence-corrected chi connectivity index (χ4v) is 4.30. The zero-order valence-corrected chi connectivity index (χ0v) is 12.9. The fourth-order valence-electron chi connectivity index (χ4n) is 1.81. The second-order valence-electron chi connectivity index (χ2n) is 3.74. The van der Waals surface area contributed by atoms with Crippen LogP contribution in [0.4, 0.5) is 0 Å². The number of methoxy groups -OCH3 is 1. The summed E-state index contributed by atoms with van der Waals surface area (Å²) in [5.41, 5.74) is 0. The predicted octanol–water partition coefficient (Wildman–Crippen LogP) is 1.66. The largest absolute Gasteiger partial charge is 0.537 e. The summed E-state index contributed by atoms with van der Waals surface area (Å²) in [6, 6.07) is 5.03. The van der Waals surface area contributed by atoms with E-state index in [0.717, 1.165) is 5.19 Å². The minimum absolute atomic E-state index is 0.0821. The lowest BCUT2D eigenvalue weighted by molar-refractivity contribution is 0.0858. The lowest BCUT2D eigenvalue weighted by atomic mass is 10.3. The lowest BCUT2D eigenvalue weighted by Gasteiger charge is -2.28. The van der Waals surface area contributed by atoms with Crippen LogP contribution in [0, 0.1) is 0 Å². The first-order valence-electron chi connectivity index (χ1n) is 6.42. The Morgan fingerprint density at radius 3 is 1.95 bits per heavy atom. The smallest absolute Gasteiger partial charge is 0.504 e. The van der Waals surface area contributed by atoms with Gasteiger partial charge in [0.05, 0.1) is 7.11 Å². The Balaban J connectivity index is 3.21. The van der Waals surface area contributed by atoms with Crippen LogP contribution >= 0.6 is 0 Å². The Bertz CT molecular complexity index is 380. The Morgan fingerprint density at radius 2 is 1.53 bits per heavy atom. The molecule has 1 rings (SSSR count). The molecule has 0 aliphatic carbocycles. The van der Waals surface area contributed by atoms with Gasteiger partial charge in [-0.15, -0.1) is 0 Å². The molecule has 0 amide bonds. The number of rotatable bonds is 8. The third-order valence-corrected chi connectivity index (χ3v) is 5.56. The minimum atomic E-state index is -2.93. The van der Waals surface area contributed by atoms with Crippen molar-refractivity contribution in [2.75, 3.05) is 26.9 Å². The molecule has 0 saturated heterocycles. The average molecular weight is 286 g/mol. The molecule has 0 saturated carbocycles. The van der Waals surface area contributed by atoms with Gasteiger partial charge in [-0.2, -0.15) is 0 Å². The van der Waals surface area contributed by atoms with Crippen LogP contribution in [0.1, 0.15) is 20.8 Å². The van der Waals surface area contributed by atoms with E-state index < -0.39 is 8.80 Å². The second kappa shape index (κ2) is 7.49. The van der Waals surface area contributed by atoms with Crippen molar-refractivity contribution < 1.29 is 23.1 Å². The van der Waals surface area contributed by atoms with Gasteiger partial charge in [0.25, 0.3) is 0 Å². The highest BCUT2D eigenvalue weighted by atomic mass is 28.4. The molecule has 0 bridgehead atoms. The monoisotopic (exact) mass is 286 g/mol. The molecule has 0 unspecified atom stereocenters. The van der Waals surface area contributed by atoms with Gasteiger partial charge in [-0.3, -0.25) is 0 Å². The van der Waals surface area contributed by atoms with Crippen molar-refractivity contribution in [2.45, 2.75) is 20.8 Å². The van der Waals surface area contributed by atoms with Crippen LogP contribution in [0.25, 0.3) is 0 Å². The van der Waals surface area contributed by atoms with Crippen LogP contribution in [-0.2, 0) is 13.3 Å². The van der Waals surface area contributed by atoms with Crippen LogP contribution < -0.4 is 9.92 Å². The number of hydrogen-bond acceptors (Lipinski definition) is 5. The molecule has 0 spiro atoms. The van der Waals surface area contributed by atoms with E-state index in [-0.39, 0.29) is 5.75 Å².